The van der Waals surface area contributed by atoms with Crippen molar-refractivity contribution in [3.8, 4) is 11.5 Å². The molecule has 21 heavy (non-hydrogen) atoms. The van der Waals surface area contributed by atoms with Crippen LogP contribution in [-0.4, -0.2) is 47.0 Å². The monoisotopic (exact) mass is 326 g/mol. The van der Waals surface area contributed by atoms with E-state index in [1.54, 1.807) is 0 Å². The molecule has 0 radical (unpaired) electrons. The highest BCUT2D eigenvalue weighted by atomic mass is 28.5. The molecule has 9 heteroatoms. The fraction of sp³-hybridized carbons (Fsp3) is 0. The van der Waals surface area contributed by atoms with Crippen LogP contribution < -0.4 is 10.4 Å². The zero-order chi connectivity index (χ0) is 15.7. The van der Waals surface area contributed by atoms with Gasteiger partial charge in [-0.2, -0.15) is 0 Å². The average Bonchev–Trinajstić information content (AvgIpc) is 2.38. The second-order valence-corrected chi connectivity index (χ2v) is 8.82. The second kappa shape index (κ2) is 5.57. The summed E-state index contributed by atoms with van der Waals surface area (Å²) in [5.41, 5.74) is 0. The number of hydrogen-bond donors (Lipinski definition) is 6. The lowest BCUT2D eigenvalue weighted by Gasteiger charge is -2.26. The van der Waals surface area contributed by atoms with Gasteiger partial charge in [-0.3, -0.25) is 0 Å². The molecule has 0 aliphatic heterocycles. The molecule has 0 spiro atoms. The van der Waals surface area contributed by atoms with Gasteiger partial charge >= 0.3 is 17.6 Å². The molecule has 0 saturated carbocycles. The summed E-state index contributed by atoms with van der Waals surface area (Å²) in [4.78, 5) is 39.9. The minimum atomic E-state index is -4.55. The zero-order valence-corrected chi connectivity index (χ0v) is 12.7. The maximum atomic E-state index is 9.98. The Balaban J connectivity index is 2.25. The molecule has 2 aromatic carbocycles. The van der Waals surface area contributed by atoms with Gasteiger partial charge in [0.1, 0.15) is 11.5 Å². The van der Waals surface area contributed by atoms with E-state index in [1.807, 2.05) is 0 Å². The molecule has 0 bridgehead atoms. The standard InChI is InChI=1S/C12H14O7Si2/c13-9-1-5-11(6-2-9)20(15,16)19-21(17,18)12-7-3-10(14)4-8-12/h1-8,13-18H. The Labute approximate surface area is 122 Å². The maximum Gasteiger partial charge on any atom is 0.524 e. The highest BCUT2D eigenvalue weighted by Gasteiger charge is 2.48. The molecule has 2 aromatic rings. The van der Waals surface area contributed by atoms with Gasteiger partial charge in [0.2, 0.25) is 0 Å². The van der Waals surface area contributed by atoms with Crippen LogP contribution in [0.25, 0.3) is 0 Å². The Morgan fingerprint density at radius 3 is 1.14 bits per heavy atom. The minimum Gasteiger partial charge on any atom is -0.508 e. The van der Waals surface area contributed by atoms with Crippen molar-refractivity contribution in [3.05, 3.63) is 48.5 Å². The molecule has 0 aromatic heterocycles. The molecule has 6 N–H and O–H groups in total. The fourth-order valence-corrected chi connectivity index (χ4v) is 5.41. The Morgan fingerprint density at radius 2 is 0.857 bits per heavy atom. The summed E-state index contributed by atoms with van der Waals surface area (Å²) in [6, 6.07) is 9.81. The largest absolute Gasteiger partial charge is 0.524 e. The summed E-state index contributed by atoms with van der Waals surface area (Å²) in [5.74, 6) is -0.142. The van der Waals surface area contributed by atoms with Crippen LogP contribution in [0.2, 0.25) is 0 Å². The SMILES string of the molecule is Oc1ccc([Si](O)(O)O[Si](O)(O)c2ccc(O)cc2)cc1. The van der Waals surface area contributed by atoms with E-state index in [0.717, 1.165) is 0 Å². The van der Waals surface area contributed by atoms with Crippen LogP contribution >= 0.6 is 0 Å². The molecular weight excluding hydrogens is 312 g/mol. The molecule has 0 unspecified atom stereocenters. The predicted octanol–water partition coefficient (Wildman–Crippen LogP) is -1.92. The van der Waals surface area contributed by atoms with Crippen molar-refractivity contribution in [2.45, 2.75) is 0 Å². The van der Waals surface area contributed by atoms with E-state index in [1.165, 1.54) is 48.5 Å². The highest BCUT2D eigenvalue weighted by molar-refractivity contribution is 6.85. The second-order valence-electron chi connectivity index (χ2n) is 4.41. The molecule has 112 valence electrons. The van der Waals surface area contributed by atoms with E-state index >= 15 is 0 Å². The summed E-state index contributed by atoms with van der Waals surface area (Å²) in [7, 11) is -9.09. The molecule has 0 fully saturated rings. The number of phenolic OH excluding ortho intramolecular Hbond substituents is 2. The normalized spacial score (nSPS) is 12.4. The summed E-state index contributed by atoms with van der Waals surface area (Å²) >= 11 is 0. The topological polar surface area (TPSA) is 131 Å². The van der Waals surface area contributed by atoms with Crippen LogP contribution in [0.1, 0.15) is 0 Å². The summed E-state index contributed by atoms with van der Waals surface area (Å²) in [6.07, 6.45) is 0. The lowest BCUT2D eigenvalue weighted by Crippen LogP contribution is -2.64. The van der Waals surface area contributed by atoms with Crippen LogP contribution in [0.4, 0.5) is 0 Å². The molecule has 0 heterocycles. The lowest BCUT2D eigenvalue weighted by atomic mass is 10.3. The van der Waals surface area contributed by atoms with E-state index < -0.39 is 17.6 Å². The van der Waals surface area contributed by atoms with Crippen LogP contribution in [0, 0.1) is 0 Å². The zero-order valence-electron chi connectivity index (χ0n) is 10.7. The first-order valence-electron chi connectivity index (χ1n) is 5.89. The molecule has 0 amide bonds. The van der Waals surface area contributed by atoms with Gasteiger partial charge in [0, 0.05) is 10.4 Å². The fourth-order valence-electron chi connectivity index (χ4n) is 1.67. The number of aromatic hydroxyl groups is 2. The average molecular weight is 326 g/mol. The molecule has 2 rings (SSSR count). The molecule has 0 aliphatic carbocycles. The van der Waals surface area contributed by atoms with Gasteiger partial charge in [-0.25, -0.2) is 0 Å². The first-order chi connectivity index (χ1) is 9.71. The van der Waals surface area contributed by atoms with Gasteiger partial charge in [0.25, 0.3) is 0 Å². The van der Waals surface area contributed by atoms with Gasteiger partial charge in [0.15, 0.2) is 0 Å². The van der Waals surface area contributed by atoms with Crippen LogP contribution in [0.15, 0.2) is 48.5 Å². The summed E-state index contributed by atoms with van der Waals surface area (Å²) in [5, 5.41) is 18.2. The van der Waals surface area contributed by atoms with E-state index in [2.05, 4.69) is 0 Å². The Hall–Kier alpha value is -1.73. The Kier molecular flexibility index (Phi) is 4.16. The molecule has 0 atom stereocenters. The quantitative estimate of drug-likeness (QED) is 0.361. The highest BCUT2D eigenvalue weighted by Crippen LogP contribution is 2.11. The van der Waals surface area contributed by atoms with Crippen molar-refractivity contribution < 1.29 is 33.5 Å². The van der Waals surface area contributed by atoms with E-state index in [4.69, 9.17) is 14.3 Å². The maximum absolute atomic E-state index is 9.98. The van der Waals surface area contributed by atoms with Crippen LogP contribution in [0.3, 0.4) is 0 Å². The first-order valence-corrected chi connectivity index (χ1v) is 9.50. The van der Waals surface area contributed by atoms with Crippen molar-refractivity contribution in [2.24, 2.45) is 0 Å². The summed E-state index contributed by atoms with van der Waals surface area (Å²) < 4.78 is 4.81. The third-order valence-electron chi connectivity index (χ3n) is 2.77. The smallest absolute Gasteiger partial charge is 0.508 e. The molecule has 7 nitrogen and oxygen atoms in total. The lowest BCUT2D eigenvalue weighted by molar-refractivity contribution is 0.179. The number of phenols is 2. The van der Waals surface area contributed by atoms with Crippen molar-refractivity contribution >= 4 is 28.0 Å². The molecule has 0 aliphatic rings. The van der Waals surface area contributed by atoms with Crippen molar-refractivity contribution in [1.29, 1.82) is 0 Å². The van der Waals surface area contributed by atoms with E-state index in [-0.39, 0.29) is 21.9 Å². The number of hydrogen-bond acceptors (Lipinski definition) is 7. The van der Waals surface area contributed by atoms with Crippen LogP contribution in [0.5, 0.6) is 11.5 Å². The van der Waals surface area contributed by atoms with E-state index in [9.17, 15) is 19.2 Å². The molecular formula is C12H14O7Si2. The Bertz CT molecular complexity index is 555. The van der Waals surface area contributed by atoms with Gasteiger partial charge < -0.3 is 33.5 Å². The number of benzene rings is 2. The third-order valence-corrected chi connectivity index (χ3v) is 7.22. The van der Waals surface area contributed by atoms with Gasteiger partial charge in [-0.05, 0) is 24.3 Å². The molecule has 0 saturated heterocycles. The van der Waals surface area contributed by atoms with E-state index in [0.29, 0.717) is 0 Å². The van der Waals surface area contributed by atoms with Crippen molar-refractivity contribution in [2.75, 3.05) is 0 Å². The van der Waals surface area contributed by atoms with Crippen molar-refractivity contribution in [1.82, 2.24) is 0 Å². The first kappa shape index (κ1) is 15.7. The predicted molar refractivity (Wildman–Crippen MR) is 76.9 cm³/mol. The van der Waals surface area contributed by atoms with Crippen LogP contribution in [-0.2, 0) is 4.12 Å². The van der Waals surface area contributed by atoms with Gasteiger partial charge in [0.05, 0.1) is 0 Å². The minimum absolute atomic E-state index is 0.0425. The number of rotatable bonds is 4. The summed E-state index contributed by atoms with van der Waals surface area (Å²) in [6.45, 7) is 0. The third kappa shape index (κ3) is 3.68. The van der Waals surface area contributed by atoms with Gasteiger partial charge in [-0.15, -0.1) is 0 Å². The van der Waals surface area contributed by atoms with Gasteiger partial charge in [-0.1, -0.05) is 24.3 Å². The Morgan fingerprint density at radius 1 is 0.571 bits per heavy atom. The van der Waals surface area contributed by atoms with Crippen molar-refractivity contribution in [3.63, 3.8) is 0 Å².